The largest absolute Gasteiger partial charge is 0.367 e. The van der Waals surface area contributed by atoms with Crippen LogP contribution in [0.2, 0.25) is 0 Å². The lowest BCUT2D eigenvalue weighted by Gasteiger charge is -2.34. The number of nitrogens with one attached hydrogen (secondary N) is 1. The zero-order valence-corrected chi connectivity index (χ0v) is 13.0. The summed E-state index contributed by atoms with van der Waals surface area (Å²) in [5, 5.41) is 3.55. The molecule has 1 N–H and O–H groups in total. The van der Waals surface area contributed by atoms with Crippen molar-refractivity contribution in [3.8, 4) is 0 Å². The number of aryl methyl sites for hydroxylation is 1. The normalized spacial score (nSPS) is 19.8. The Hall–Kier alpha value is -0.640. The number of anilines is 1. The summed E-state index contributed by atoms with van der Waals surface area (Å²) in [5.41, 5.74) is 0.513. The average Bonchev–Trinajstić information content (AvgIpc) is 2.31. The molecule has 4 heteroatoms. The average molecular weight is 312 g/mol. The molecule has 1 aliphatic rings. The van der Waals surface area contributed by atoms with Gasteiger partial charge in [-0.05, 0) is 47.0 Å². The van der Waals surface area contributed by atoms with Crippen molar-refractivity contribution < 1.29 is 0 Å². The van der Waals surface area contributed by atoms with Gasteiger partial charge in [-0.2, -0.15) is 0 Å². The molecule has 100 valence electrons. The number of hydrogen-bond donors (Lipinski definition) is 1. The highest BCUT2D eigenvalue weighted by molar-refractivity contribution is 9.10. The molecular formula is C14H22BrN3. The van der Waals surface area contributed by atoms with Gasteiger partial charge >= 0.3 is 0 Å². The molecule has 0 radical (unpaired) electrons. The molecule has 1 heterocycles. The van der Waals surface area contributed by atoms with E-state index in [9.17, 15) is 0 Å². The highest BCUT2D eigenvalue weighted by atomic mass is 79.9. The number of rotatable bonds is 3. The summed E-state index contributed by atoms with van der Waals surface area (Å²) >= 11 is 3.45. The Morgan fingerprint density at radius 3 is 2.61 bits per heavy atom. The first kappa shape index (κ1) is 13.8. The highest BCUT2D eigenvalue weighted by Crippen LogP contribution is 2.36. The van der Waals surface area contributed by atoms with E-state index in [2.05, 4.69) is 52.0 Å². The smallest absolute Gasteiger partial charge is 0.131 e. The van der Waals surface area contributed by atoms with Gasteiger partial charge in [-0.3, -0.25) is 0 Å². The molecule has 0 amide bonds. The fourth-order valence-electron chi connectivity index (χ4n) is 2.45. The number of nitrogens with zero attached hydrogens (tertiary/aromatic N) is 2. The maximum atomic E-state index is 4.53. The van der Waals surface area contributed by atoms with Crippen LogP contribution in [0, 0.1) is 5.41 Å². The summed E-state index contributed by atoms with van der Waals surface area (Å²) in [6.07, 6.45) is 5.91. The van der Waals surface area contributed by atoms with Crippen LogP contribution in [0.25, 0.3) is 0 Å². The zero-order chi connectivity index (χ0) is 13.2. The Bertz CT molecular complexity index is 408. The molecule has 3 nitrogen and oxygen atoms in total. The molecule has 0 aromatic carbocycles. The van der Waals surface area contributed by atoms with Crippen molar-refractivity contribution in [3.05, 3.63) is 16.5 Å². The van der Waals surface area contributed by atoms with Crippen LogP contribution < -0.4 is 5.32 Å². The minimum Gasteiger partial charge on any atom is -0.367 e. The molecule has 0 aliphatic heterocycles. The van der Waals surface area contributed by atoms with Gasteiger partial charge < -0.3 is 5.32 Å². The Morgan fingerprint density at radius 2 is 2.00 bits per heavy atom. The summed E-state index contributed by atoms with van der Waals surface area (Å²) < 4.78 is 0.869. The molecule has 1 saturated carbocycles. The van der Waals surface area contributed by atoms with E-state index in [1.54, 1.807) is 0 Å². The van der Waals surface area contributed by atoms with Crippen molar-refractivity contribution in [1.82, 2.24) is 9.97 Å². The standard InChI is InChI=1S/C14H22BrN3/c1-4-12-17-11(15)9-13(18-12)16-10-5-7-14(2,3)8-6-10/h9-10H,4-8H2,1-3H3,(H,16,17,18). The van der Waals surface area contributed by atoms with E-state index in [-0.39, 0.29) is 0 Å². The third kappa shape index (κ3) is 3.67. The molecule has 1 aromatic heterocycles. The van der Waals surface area contributed by atoms with Crippen molar-refractivity contribution in [3.63, 3.8) is 0 Å². The van der Waals surface area contributed by atoms with Gasteiger partial charge in [0.05, 0.1) is 0 Å². The fraction of sp³-hybridized carbons (Fsp3) is 0.714. The lowest BCUT2D eigenvalue weighted by molar-refractivity contribution is 0.232. The van der Waals surface area contributed by atoms with Gasteiger partial charge in [0, 0.05) is 18.5 Å². The Morgan fingerprint density at radius 1 is 1.33 bits per heavy atom. The van der Waals surface area contributed by atoms with Gasteiger partial charge in [0.2, 0.25) is 0 Å². The topological polar surface area (TPSA) is 37.8 Å². The van der Waals surface area contributed by atoms with Crippen LogP contribution in [0.3, 0.4) is 0 Å². The van der Waals surface area contributed by atoms with Crippen LogP contribution in [0.15, 0.2) is 10.7 Å². The zero-order valence-electron chi connectivity index (χ0n) is 11.5. The summed E-state index contributed by atoms with van der Waals surface area (Å²) in [6, 6.07) is 2.53. The molecule has 0 bridgehead atoms. The van der Waals surface area contributed by atoms with Crippen molar-refractivity contribution in [2.24, 2.45) is 5.41 Å². The molecule has 0 atom stereocenters. The Balaban J connectivity index is 2.00. The van der Waals surface area contributed by atoms with Gasteiger partial charge in [-0.15, -0.1) is 0 Å². The number of hydrogen-bond acceptors (Lipinski definition) is 3. The van der Waals surface area contributed by atoms with Gasteiger partial charge in [-0.1, -0.05) is 20.8 Å². The van der Waals surface area contributed by atoms with Crippen LogP contribution >= 0.6 is 15.9 Å². The van der Waals surface area contributed by atoms with Gasteiger partial charge in [0.1, 0.15) is 16.2 Å². The van der Waals surface area contributed by atoms with E-state index in [1.165, 1.54) is 25.7 Å². The monoisotopic (exact) mass is 311 g/mol. The summed E-state index contributed by atoms with van der Waals surface area (Å²) in [5.74, 6) is 1.85. The Kier molecular flexibility index (Phi) is 4.25. The second-order valence-corrected chi connectivity index (χ2v) is 6.74. The molecule has 1 fully saturated rings. The molecule has 1 aromatic rings. The van der Waals surface area contributed by atoms with Gasteiger partial charge in [0.15, 0.2) is 0 Å². The van der Waals surface area contributed by atoms with Crippen molar-refractivity contribution in [1.29, 1.82) is 0 Å². The first-order valence-corrected chi connectivity index (χ1v) is 7.58. The predicted octanol–water partition coefficient (Wildman–Crippen LogP) is 4.18. The molecule has 18 heavy (non-hydrogen) atoms. The van der Waals surface area contributed by atoms with Crippen molar-refractivity contribution >= 4 is 21.7 Å². The molecular weight excluding hydrogens is 290 g/mol. The van der Waals surface area contributed by atoms with Crippen molar-refractivity contribution in [2.75, 3.05) is 5.32 Å². The number of aromatic nitrogens is 2. The Labute approximate surface area is 118 Å². The van der Waals surface area contributed by atoms with E-state index in [1.807, 2.05) is 6.07 Å². The third-order valence-electron chi connectivity index (χ3n) is 3.75. The van der Waals surface area contributed by atoms with Crippen LogP contribution in [-0.2, 0) is 6.42 Å². The third-order valence-corrected chi connectivity index (χ3v) is 4.15. The quantitative estimate of drug-likeness (QED) is 0.851. The fourth-order valence-corrected chi connectivity index (χ4v) is 2.87. The molecule has 1 aliphatic carbocycles. The summed E-state index contributed by atoms with van der Waals surface area (Å²) in [4.78, 5) is 8.86. The lowest BCUT2D eigenvalue weighted by Crippen LogP contribution is -2.30. The highest BCUT2D eigenvalue weighted by Gasteiger charge is 2.26. The minimum atomic E-state index is 0.513. The molecule has 0 spiro atoms. The van der Waals surface area contributed by atoms with Crippen LogP contribution in [0.1, 0.15) is 52.3 Å². The van der Waals surface area contributed by atoms with E-state index in [4.69, 9.17) is 0 Å². The molecule has 0 saturated heterocycles. The van der Waals surface area contributed by atoms with Crippen molar-refractivity contribution in [2.45, 2.75) is 58.9 Å². The van der Waals surface area contributed by atoms with Crippen LogP contribution in [0.5, 0.6) is 0 Å². The van der Waals surface area contributed by atoms with Crippen LogP contribution in [0.4, 0.5) is 5.82 Å². The lowest BCUT2D eigenvalue weighted by atomic mass is 9.75. The van der Waals surface area contributed by atoms with Gasteiger partial charge in [0.25, 0.3) is 0 Å². The van der Waals surface area contributed by atoms with E-state index < -0.39 is 0 Å². The summed E-state index contributed by atoms with van der Waals surface area (Å²) in [6.45, 7) is 6.80. The number of halogens is 1. The van der Waals surface area contributed by atoms with Gasteiger partial charge in [-0.25, -0.2) is 9.97 Å². The van der Waals surface area contributed by atoms with E-state index in [0.717, 1.165) is 22.7 Å². The van der Waals surface area contributed by atoms with E-state index in [0.29, 0.717) is 11.5 Å². The first-order valence-electron chi connectivity index (χ1n) is 6.78. The second kappa shape index (κ2) is 5.55. The second-order valence-electron chi connectivity index (χ2n) is 5.93. The maximum Gasteiger partial charge on any atom is 0.131 e. The molecule has 0 unspecified atom stereocenters. The summed E-state index contributed by atoms with van der Waals surface area (Å²) in [7, 11) is 0. The molecule has 2 rings (SSSR count). The maximum absolute atomic E-state index is 4.53. The van der Waals surface area contributed by atoms with Crippen LogP contribution in [-0.4, -0.2) is 16.0 Å². The van der Waals surface area contributed by atoms with E-state index >= 15 is 0 Å². The first-order chi connectivity index (χ1) is 8.48. The SMILES string of the molecule is CCc1nc(Br)cc(NC2CCC(C)(C)CC2)n1. The minimum absolute atomic E-state index is 0.513. The predicted molar refractivity (Wildman–Crippen MR) is 78.8 cm³/mol.